The number of rotatable bonds is 7. The van der Waals surface area contributed by atoms with Crippen molar-refractivity contribution in [2.75, 3.05) is 19.0 Å². The Labute approximate surface area is 120 Å². The van der Waals surface area contributed by atoms with Gasteiger partial charge in [-0.2, -0.15) is 0 Å². The quantitative estimate of drug-likeness (QED) is 0.347. The number of aryl methyl sites for hydroxylation is 1. The summed E-state index contributed by atoms with van der Waals surface area (Å²) >= 11 is 0. The zero-order valence-electron chi connectivity index (χ0n) is 12.2. The zero-order valence-corrected chi connectivity index (χ0v) is 12.2. The largest absolute Gasteiger partial charge is 0.469 e. The van der Waals surface area contributed by atoms with Crippen molar-refractivity contribution in [1.82, 2.24) is 0 Å². The summed E-state index contributed by atoms with van der Waals surface area (Å²) in [5.41, 5.74) is 8.01. The molecule has 1 aromatic carbocycles. The summed E-state index contributed by atoms with van der Waals surface area (Å²) in [6.45, 7) is 2.72. The molecule has 0 aromatic heterocycles. The van der Waals surface area contributed by atoms with E-state index in [9.17, 15) is 4.79 Å². The van der Waals surface area contributed by atoms with Crippen LogP contribution in [0.5, 0.6) is 0 Å². The molecule has 0 atom stereocenters. The van der Waals surface area contributed by atoms with Crippen LogP contribution in [0.15, 0.2) is 29.3 Å². The van der Waals surface area contributed by atoms with E-state index in [2.05, 4.69) is 34.1 Å². The Bertz CT molecular complexity index is 441. The summed E-state index contributed by atoms with van der Waals surface area (Å²) in [5.74, 6) is 0.211. The predicted molar refractivity (Wildman–Crippen MR) is 81.8 cm³/mol. The Morgan fingerprint density at radius 3 is 2.60 bits per heavy atom. The van der Waals surface area contributed by atoms with E-state index in [4.69, 9.17) is 5.73 Å². The molecule has 110 valence electrons. The molecule has 3 N–H and O–H groups in total. The highest BCUT2D eigenvalue weighted by molar-refractivity contribution is 5.92. The fourth-order valence-corrected chi connectivity index (χ4v) is 1.69. The summed E-state index contributed by atoms with van der Waals surface area (Å²) in [5, 5.41) is 3.04. The lowest BCUT2D eigenvalue weighted by Crippen LogP contribution is -2.22. The topological polar surface area (TPSA) is 76.7 Å². The van der Waals surface area contributed by atoms with Crippen molar-refractivity contribution in [3.05, 3.63) is 29.8 Å². The van der Waals surface area contributed by atoms with Crippen LogP contribution in [0, 0.1) is 0 Å². The molecule has 0 saturated heterocycles. The molecule has 1 rings (SSSR count). The van der Waals surface area contributed by atoms with Gasteiger partial charge in [0, 0.05) is 18.7 Å². The van der Waals surface area contributed by atoms with Crippen LogP contribution in [0.3, 0.4) is 0 Å². The number of nitrogens with two attached hydrogens (primary N) is 1. The van der Waals surface area contributed by atoms with Gasteiger partial charge >= 0.3 is 5.97 Å². The first kappa shape index (κ1) is 16.0. The molecule has 0 unspecified atom stereocenters. The maximum atomic E-state index is 10.9. The molecule has 0 fully saturated rings. The van der Waals surface area contributed by atoms with Gasteiger partial charge in [0.15, 0.2) is 5.96 Å². The van der Waals surface area contributed by atoms with E-state index in [-0.39, 0.29) is 5.97 Å². The molecule has 0 aliphatic rings. The number of unbranched alkanes of at least 4 members (excludes halogenated alkanes) is 1. The van der Waals surface area contributed by atoms with Crippen molar-refractivity contribution < 1.29 is 9.53 Å². The van der Waals surface area contributed by atoms with Crippen molar-refractivity contribution in [1.29, 1.82) is 0 Å². The number of guanidine groups is 1. The highest BCUT2D eigenvalue weighted by Gasteiger charge is 1.99. The van der Waals surface area contributed by atoms with Crippen LogP contribution < -0.4 is 11.1 Å². The SMILES string of the molecule is CCc1ccc(NC(N)=NCCCCC(=O)OC)cc1. The summed E-state index contributed by atoms with van der Waals surface area (Å²) in [6, 6.07) is 8.09. The molecule has 5 nitrogen and oxygen atoms in total. The second-order valence-corrected chi connectivity index (χ2v) is 4.48. The number of nitrogens with zero attached hydrogens (tertiary/aromatic N) is 1. The molecular formula is C15H23N3O2. The third kappa shape index (κ3) is 6.22. The van der Waals surface area contributed by atoms with Crippen LogP contribution in [0.4, 0.5) is 5.69 Å². The van der Waals surface area contributed by atoms with Gasteiger partial charge in [-0.25, -0.2) is 0 Å². The van der Waals surface area contributed by atoms with Crippen molar-refractivity contribution in [2.24, 2.45) is 10.7 Å². The van der Waals surface area contributed by atoms with Crippen molar-refractivity contribution >= 4 is 17.6 Å². The molecule has 0 bridgehead atoms. The van der Waals surface area contributed by atoms with Gasteiger partial charge in [-0.1, -0.05) is 19.1 Å². The Morgan fingerprint density at radius 1 is 1.30 bits per heavy atom. The third-order valence-electron chi connectivity index (χ3n) is 2.93. The molecule has 0 aliphatic carbocycles. The maximum Gasteiger partial charge on any atom is 0.305 e. The van der Waals surface area contributed by atoms with E-state index in [1.165, 1.54) is 12.7 Å². The highest BCUT2D eigenvalue weighted by Crippen LogP contribution is 2.09. The van der Waals surface area contributed by atoms with E-state index >= 15 is 0 Å². The number of nitrogens with one attached hydrogen (secondary N) is 1. The predicted octanol–water partition coefficient (Wildman–Crippen LogP) is 2.32. The minimum Gasteiger partial charge on any atom is -0.469 e. The normalized spacial score (nSPS) is 11.2. The molecular weight excluding hydrogens is 254 g/mol. The smallest absolute Gasteiger partial charge is 0.305 e. The molecule has 0 saturated carbocycles. The summed E-state index contributed by atoms with van der Waals surface area (Å²) < 4.78 is 4.56. The Morgan fingerprint density at radius 2 is 2.00 bits per heavy atom. The van der Waals surface area contributed by atoms with Crippen LogP contribution in [-0.4, -0.2) is 25.6 Å². The van der Waals surface area contributed by atoms with Gasteiger partial charge in [0.1, 0.15) is 0 Å². The number of carbonyl (C=O) groups excluding carboxylic acids is 1. The van der Waals surface area contributed by atoms with Gasteiger partial charge in [-0.3, -0.25) is 9.79 Å². The number of carbonyl (C=O) groups is 1. The molecule has 20 heavy (non-hydrogen) atoms. The van der Waals surface area contributed by atoms with E-state index < -0.39 is 0 Å². The lowest BCUT2D eigenvalue weighted by Gasteiger charge is -2.06. The average Bonchev–Trinajstić information content (AvgIpc) is 2.47. The van der Waals surface area contributed by atoms with Gasteiger partial charge in [0.05, 0.1) is 7.11 Å². The van der Waals surface area contributed by atoms with Gasteiger partial charge < -0.3 is 15.8 Å². The second kappa shape index (κ2) is 8.96. The second-order valence-electron chi connectivity index (χ2n) is 4.48. The first-order valence-corrected chi connectivity index (χ1v) is 6.88. The van der Waals surface area contributed by atoms with Gasteiger partial charge in [0.25, 0.3) is 0 Å². The number of hydrogen-bond acceptors (Lipinski definition) is 3. The van der Waals surface area contributed by atoms with E-state index in [0.717, 1.165) is 24.9 Å². The van der Waals surface area contributed by atoms with Gasteiger partial charge in [0.2, 0.25) is 0 Å². The van der Waals surface area contributed by atoms with Crippen LogP contribution in [0.2, 0.25) is 0 Å². The number of methoxy groups -OCH3 is 1. The Balaban J connectivity index is 2.28. The fourth-order valence-electron chi connectivity index (χ4n) is 1.69. The Hall–Kier alpha value is -2.04. The fraction of sp³-hybridized carbons (Fsp3) is 0.467. The first-order chi connectivity index (χ1) is 9.65. The van der Waals surface area contributed by atoms with Crippen LogP contribution >= 0.6 is 0 Å². The first-order valence-electron chi connectivity index (χ1n) is 6.88. The molecule has 1 aromatic rings. The molecule has 0 heterocycles. The number of esters is 1. The number of benzene rings is 1. The zero-order chi connectivity index (χ0) is 14.8. The van der Waals surface area contributed by atoms with Crippen LogP contribution in [-0.2, 0) is 16.0 Å². The average molecular weight is 277 g/mol. The lowest BCUT2D eigenvalue weighted by molar-refractivity contribution is -0.140. The molecule has 0 spiro atoms. The molecule has 0 amide bonds. The van der Waals surface area contributed by atoms with E-state index in [0.29, 0.717) is 18.9 Å². The van der Waals surface area contributed by atoms with Gasteiger partial charge in [-0.15, -0.1) is 0 Å². The van der Waals surface area contributed by atoms with Crippen molar-refractivity contribution in [3.8, 4) is 0 Å². The van der Waals surface area contributed by atoms with Crippen LogP contribution in [0.1, 0.15) is 31.7 Å². The summed E-state index contributed by atoms with van der Waals surface area (Å²) in [4.78, 5) is 15.1. The maximum absolute atomic E-state index is 10.9. The van der Waals surface area contributed by atoms with Crippen molar-refractivity contribution in [2.45, 2.75) is 32.6 Å². The lowest BCUT2D eigenvalue weighted by atomic mass is 10.1. The number of aliphatic imine (C=N–C) groups is 1. The summed E-state index contributed by atoms with van der Waals surface area (Å²) in [7, 11) is 1.40. The number of anilines is 1. The Kier molecular flexibility index (Phi) is 7.17. The molecule has 5 heteroatoms. The molecule has 0 radical (unpaired) electrons. The minimum atomic E-state index is -0.184. The monoisotopic (exact) mass is 277 g/mol. The summed E-state index contributed by atoms with van der Waals surface area (Å²) in [6.07, 6.45) is 3.02. The number of hydrogen-bond donors (Lipinski definition) is 2. The van der Waals surface area contributed by atoms with E-state index in [1.54, 1.807) is 0 Å². The number of ether oxygens (including phenoxy) is 1. The van der Waals surface area contributed by atoms with Gasteiger partial charge in [-0.05, 0) is 37.0 Å². The van der Waals surface area contributed by atoms with Crippen LogP contribution in [0.25, 0.3) is 0 Å². The highest BCUT2D eigenvalue weighted by atomic mass is 16.5. The van der Waals surface area contributed by atoms with E-state index in [1.807, 2.05) is 12.1 Å². The standard InChI is InChI=1S/C15H23N3O2/c1-3-12-7-9-13(10-8-12)18-15(16)17-11-5-4-6-14(19)20-2/h7-10H,3-6,11H2,1-2H3,(H3,16,17,18). The third-order valence-corrected chi connectivity index (χ3v) is 2.93. The molecule has 0 aliphatic heterocycles. The minimum absolute atomic E-state index is 0.184. The van der Waals surface area contributed by atoms with Crippen molar-refractivity contribution in [3.63, 3.8) is 0 Å².